The Morgan fingerprint density at radius 3 is 2.43 bits per heavy atom. The lowest BCUT2D eigenvalue weighted by Crippen LogP contribution is -2.30. The van der Waals surface area contributed by atoms with Crippen LogP contribution >= 0.6 is 0 Å². The maximum atomic E-state index is 4.66. The largest absolute Gasteiger partial charge is 0.366 e. The van der Waals surface area contributed by atoms with Crippen molar-refractivity contribution in [3.8, 4) is 0 Å². The first-order valence-electron chi connectivity index (χ1n) is 8.67. The SMILES string of the molecule is CCCCC(CC)CNC(=N/c1ccccc1)/N=C(\C)N(C)C. The summed E-state index contributed by atoms with van der Waals surface area (Å²) >= 11 is 0. The van der Waals surface area contributed by atoms with Crippen LogP contribution in [0.15, 0.2) is 40.3 Å². The van der Waals surface area contributed by atoms with Gasteiger partial charge in [-0.1, -0.05) is 51.3 Å². The number of amidine groups is 1. The lowest BCUT2D eigenvalue weighted by molar-refractivity contribution is 0.445. The molecule has 4 heteroatoms. The summed E-state index contributed by atoms with van der Waals surface area (Å²) < 4.78 is 0. The fraction of sp³-hybridized carbons (Fsp3) is 0.579. The van der Waals surface area contributed by atoms with Crippen molar-refractivity contribution >= 4 is 17.5 Å². The van der Waals surface area contributed by atoms with E-state index in [1.165, 1.54) is 25.7 Å². The van der Waals surface area contributed by atoms with Crippen LogP contribution < -0.4 is 5.32 Å². The fourth-order valence-corrected chi connectivity index (χ4v) is 2.16. The highest BCUT2D eigenvalue weighted by molar-refractivity contribution is 5.95. The average molecular weight is 316 g/mol. The Hall–Kier alpha value is -1.84. The van der Waals surface area contributed by atoms with Gasteiger partial charge in [0.2, 0.25) is 5.96 Å². The van der Waals surface area contributed by atoms with Crippen molar-refractivity contribution in [2.75, 3.05) is 20.6 Å². The van der Waals surface area contributed by atoms with E-state index in [2.05, 4.69) is 29.1 Å². The number of nitrogens with one attached hydrogen (secondary N) is 1. The van der Waals surface area contributed by atoms with Crippen molar-refractivity contribution in [1.82, 2.24) is 10.2 Å². The first-order chi connectivity index (χ1) is 11.1. The highest BCUT2D eigenvalue weighted by Gasteiger charge is 2.08. The Morgan fingerprint density at radius 1 is 1.17 bits per heavy atom. The molecule has 4 nitrogen and oxygen atoms in total. The van der Waals surface area contributed by atoms with Crippen LogP contribution in [0.2, 0.25) is 0 Å². The molecular weight excluding hydrogens is 284 g/mol. The summed E-state index contributed by atoms with van der Waals surface area (Å²) in [6, 6.07) is 9.98. The van der Waals surface area contributed by atoms with Gasteiger partial charge in [0.25, 0.3) is 0 Å². The Kier molecular flexibility index (Phi) is 9.03. The lowest BCUT2D eigenvalue weighted by Gasteiger charge is -2.17. The summed E-state index contributed by atoms with van der Waals surface area (Å²) in [5, 5.41) is 3.45. The van der Waals surface area contributed by atoms with E-state index in [0.29, 0.717) is 11.9 Å². The van der Waals surface area contributed by atoms with Gasteiger partial charge in [-0.15, -0.1) is 0 Å². The third-order valence-electron chi connectivity index (χ3n) is 4.00. The Labute approximate surface area is 141 Å². The van der Waals surface area contributed by atoms with Gasteiger partial charge in [0.05, 0.1) is 5.69 Å². The molecule has 0 aliphatic rings. The molecule has 1 rings (SSSR count). The van der Waals surface area contributed by atoms with E-state index < -0.39 is 0 Å². The molecule has 0 aliphatic heterocycles. The third kappa shape index (κ3) is 7.82. The van der Waals surface area contributed by atoms with Crippen molar-refractivity contribution in [2.24, 2.45) is 15.9 Å². The normalized spacial score (nSPS) is 13.8. The summed E-state index contributed by atoms with van der Waals surface area (Å²) in [6.45, 7) is 7.42. The van der Waals surface area contributed by atoms with E-state index in [-0.39, 0.29) is 0 Å². The topological polar surface area (TPSA) is 40.0 Å². The van der Waals surface area contributed by atoms with E-state index in [0.717, 1.165) is 18.1 Å². The summed E-state index contributed by atoms with van der Waals surface area (Å²) in [5.74, 6) is 2.30. The van der Waals surface area contributed by atoms with Crippen LogP contribution in [0, 0.1) is 5.92 Å². The highest BCUT2D eigenvalue weighted by atomic mass is 15.2. The smallest absolute Gasteiger partial charge is 0.224 e. The number of para-hydroxylation sites is 1. The van der Waals surface area contributed by atoms with Gasteiger partial charge in [0, 0.05) is 20.6 Å². The number of guanidine groups is 1. The number of rotatable bonds is 7. The van der Waals surface area contributed by atoms with E-state index in [9.17, 15) is 0 Å². The minimum absolute atomic E-state index is 0.672. The zero-order valence-corrected chi connectivity index (χ0v) is 15.3. The molecule has 1 aromatic carbocycles. The second-order valence-corrected chi connectivity index (χ2v) is 6.12. The van der Waals surface area contributed by atoms with Gasteiger partial charge < -0.3 is 10.2 Å². The van der Waals surface area contributed by atoms with Crippen LogP contribution in [0.4, 0.5) is 5.69 Å². The van der Waals surface area contributed by atoms with Gasteiger partial charge >= 0.3 is 0 Å². The van der Waals surface area contributed by atoms with E-state index in [4.69, 9.17) is 0 Å². The van der Waals surface area contributed by atoms with Crippen molar-refractivity contribution in [3.63, 3.8) is 0 Å². The van der Waals surface area contributed by atoms with E-state index in [1.807, 2.05) is 56.3 Å². The van der Waals surface area contributed by atoms with Crippen LogP contribution in [0.1, 0.15) is 46.5 Å². The van der Waals surface area contributed by atoms with Crippen LogP contribution in [-0.4, -0.2) is 37.3 Å². The molecule has 0 saturated heterocycles. The summed E-state index contributed by atoms with van der Waals surface area (Å²) in [6.07, 6.45) is 4.97. The maximum absolute atomic E-state index is 4.66. The van der Waals surface area contributed by atoms with E-state index in [1.54, 1.807) is 0 Å². The number of benzene rings is 1. The predicted octanol–water partition coefficient (Wildman–Crippen LogP) is 4.46. The number of aliphatic imine (C=N–C) groups is 2. The molecule has 128 valence electrons. The molecular formula is C19H32N4. The first kappa shape index (κ1) is 19.2. The van der Waals surface area contributed by atoms with Gasteiger partial charge in [-0.3, -0.25) is 0 Å². The predicted molar refractivity (Wildman–Crippen MR) is 102 cm³/mol. The molecule has 0 saturated carbocycles. The number of unbranched alkanes of at least 4 members (excludes halogenated alkanes) is 1. The molecule has 1 unspecified atom stereocenters. The average Bonchev–Trinajstić information content (AvgIpc) is 2.55. The molecule has 0 heterocycles. The minimum Gasteiger partial charge on any atom is -0.366 e. The number of nitrogens with zero attached hydrogens (tertiary/aromatic N) is 3. The van der Waals surface area contributed by atoms with Crippen LogP contribution in [0.25, 0.3) is 0 Å². The third-order valence-corrected chi connectivity index (χ3v) is 4.00. The van der Waals surface area contributed by atoms with Gasteiger partial charge in [-0.05, 0) is 31.4 Å². The van der Waals surface area contributed by atoms with Gasteiger partial charge in [0.1, 0.15) is 5.84 Å². The standard InChI is InChI=1S/C19H32N4/c1-6-8-12-17(7-2)15-20-19(21-16(3)23(4)5)22-18-13-10-9-11-14-18/h9-11,13-14,17H,6-8,12,15H2,1-5H3,(H,20,22)/b21-16+. The Bertz CT molecular complexity index is 491. The molecule has 0 spiro atoms. The van der Waals surface area contributed by atoms with Crippen molar-refractivity contribution < 1.29 is 0 Å². The zero-order valence-electron chi connectivity index (χ0n) is 15.3. The number of hydrogen-bond donors (Lipinski definition) is 1. The monoisotopic (exact) mass is 316 g/mol. The van der Waals surface area contributed by atoms with Crippen LogP contribution in [-0.2, 0) is 0 Å². The Morgan fingerprint density at radius 2 is 1.87 bits per heavy atom. The van der Waals surface area contributed by atoms with Crippen LogP contribution in [0.3, 0.4) is 0 Å². The summed E-state index contributed by atoms with van der Waals surface area (Å²) in [7, 11) is 3.99. The van der Waals surface area contributed by atoms with E-state index >= 15 is 0 Å². The van der Waals surface area contributed by atoms with Gasteiger partial charge in [-0.25, -0.2) is 9.98 Å². The summed E-state index contributed by atoms with van der Waals surface area (Å²) in [4.78, 5) is 11.3. The molecule has 0 radical (unpaired) electrons. The maximum Gasteiger partial charge on any atom is 0.224 e. The van der Waals surface area contributed by atoms with Gasteiger partial charge in [-0.2, -0.15) is 0 Å². The molecule has 0 aliphatic carbocycles. The first-order valence-corrected chi connectivity index (χ1v) is 8.67. The Balaban J connectivity index is 2.83. The van der Waals surface area contributed by atoms with Crippen molar-refractivity contribution in [2.45, 2.75) is 46.5 Å². The molecule has 0 aromatic heterocycles. The zero-order chi connectivity index (χ0) is 17.1. The summed E-state index contributed by atoms with van der Waals surface area (Å²) in [5.41, 5.74) is 0.923. The van der Waals surface area contributed by atoms with Crippen molar-refractivity contribution in [3.05, 3.63) is 30.3 Å². The minimum atomic E-state index is 0.672. The number of hydrogen-bond acceptors (Lipinski definition) is 1. The van der Waals surface area contributed by atoms with Gasteiger partial charge in [0.15, 0.2) is 0 Å². The molecule has 23 heavy (non-hydrogen) atoms. The molecule has 1 aromatic rings. The molecule has 1 N–H and O–H groups in total. The fourth-order valence-electron chi connectivity index (χ4n) is 2.16. The second kappa shape index (κ2) is 10.8. The van der Waals surface area contributed by atoms with Crippen LogP contribution in [0.5, 0.6) is 0 Å². The highest BCUT2D eigenvalue weighted by Crippen LogP contribution is 2.13. The molecule has 0 bridgehead atoms. The quantitative estimate of drug-likeness (QED) is 0.596. The second-order valence-electron chi connectivity index (χ2n) is 6.12. The lowest BCUT2D eigenvalue weighted by atomic mass is 9.99. The molecule has 0 fully saturated rings. The molecule has 0 amide bonds. The van der Waals surface area contributed by atoms with Crippen molar-refractivity contribution in [1.29, 1.82) is 0 Å². The molecule has 1 atom stereocenters.